The third-order valence-electron chi connectivity index (χ3n) is 8.15. The van der Waals surface area contributed by atoms with Crippen LogP contribution in [0.5, 0.6) is 0 Å². The van der Waals surface area contributed by atoms with E-state index in [1.165, 1.54) is 12.7 Å². The average Bonchev–Trinajstić information content (AvgIpc) is 3.17. The van der Waals surface area contributed by atoms with Crippen LogP contribution >= 0.6 is 0 Å². The molecule has 1 aromatic rings. The number of ether oxygens (including phenoxy) is 1. The second-order valence-corrected chi connectivity index (χ2v) is 9.92. The van der Waals surface area contributed by atoms with Gasteiger partial charge in [-0.15, -0.1) is 0 Å². The van der Waals surface area contributed by atoms with E-state index in [1.54, 1.807) is 13.2 Å². The number of esters is 1. The maximum Gasteiger partial charge on any atom is 0.320 e. The number of rotatable bonds is 8. The highest BCUT2D eigenvalue weighted by Crippen LogP contribution is 2.62. The third kappa shape index (κ3) is 4.45. The fraction of sp³-hybridized carbons (Fsp3) is 0.680. The lowest BCUT2D eigenvalue weighted by Crippen LogP contribution is -2.53. The van der Waals surface area contributed by atoms with Gasteiger partial charge < -0.3 is 14.3 Å². The predicted molar refractivity (Wildman–Crippen MR) is 118 cm³/mol. The van der Waals surface area contributed by atoms with Gasteiger partial charge in [0, 0.05) is 0 Å². The summed E-state index contributed by atoms with van der Waals surface area (Å²) in [5, 5.41) is 12.1. The van der Waals surface area contributed by atoms with Crippen molar-refractivity contribution in [1.82, 2.24) is 5.32 Å². The number of nitrogens with one attached hydrogen (secondary N) is 1. The number of carboxylic acid groups (broad SMARTS) is 1. The fourth-order valence-corrected chi connectivity index (χ4v) is 6.34. The summed E-state index contributed by atoms with van der Waals surface area (Å²) >= 11 is 0. The van der Waals surface area contributed by atoms with E-state index >= 15 is 0 Å². The Bertz CT molecular complexity index is 830. The number of carboxylic acids is 1. The molecule has 2 fully saturated rings. The van der Waals surface area contributed by atoms with Crippen LogP contribution in [0.3, 0.4) is 0 Å². The summed E-state index contributed by atoms with van der Waals surface area (Å²) in [6.45, 7) is 10.9. The van der Waals surface area contributed by atoms with E-state index < -0.39 is 17.4 Å². The van der Waals surface area contributed by atoms with Crippen molar-refractivity contribution in [1.29, 1.82) is 0 Å². The molecule has 2 aliphatic rings. The molecule has 0 saturated heterocycles. The van der Waals surface area contributed by atoms with Crippen LogP contribution in [0.15, 0.2) is 28.9 Å². The van der Waals surface area contributed by atoms with Crippen molar-refractivity contribution in [2.75, 3.05) is 7.11 Å². The van der Waals surface area contributed by atoms with Crippen molar-refractivity contribution < 1.29 is 23.8 Å². The zero-order valence-electron chi connectivity index (χ0n) is 19.3. The van der Waals surface area contributed by atoms with Gasteiger partial charge in [0.25, 0.3) is 0 Å². The quantitative estimate of drug-likeness (QED) is 0.457. The number of hydrogen-bond donors (Lipinski definition) is 2. The highest BCUT2D eigenvalue weighted by Gasteiger charge is 2.57. The van der Waals surface area contributed by atoms with E-state index in [0.29, 0.717) is 18.4 Å². The van der Waals surface area contributed by atoms with Crippen LogP contribution < -0.4 is 5.32 Å². The Kier molecular flexibility index (Phi) is 6.99. The first-order valence-corrected chi connectivity index (χ1v) is 11.4. The zero-order valence-corrected chi connectivity index (χ0v) is 19.3. The molecular formula is C25H37NO5. The van der Waals surface area contributed by atoms with E-state index in [-0.39, 0.29) is 11.4 Å². The molecule has 0 bridgehead atoms. The number of aryl methyl sites for hydroxylation is 1. The van der Waals surface area contributed by atoms with Crippen molar-refractivity contribution in [3.63, 3.8) is 0 Å². The first-order chi connectivity index (χ1) is 14.6. The van der Waals surface area contributed by atoms with Crippen LogP contribution in [0, 0.1) is 22.7 Å². The first-order valence-electron chi connectivity index (χ1n) is 11.4. The van der Waals surface area contributed by atoms with Crippen LogP contribution in [-0.4, -0.2) is 30.2 Å². The van der Waals surface area contributed by atoms with Gasteiger partial charge in [-0.05, 0) is 81.3 Å². The number of allylic oxidation sites excluding steroid dienone is 1. The van der Waals surface area contributed by atoms with E-state index in [9.17, 15) is 9.59 Å². The molecule has 3 rings (SSSR count). The van der Waals surface area contributed by atoms with Crippen LogP contribution in [0.2, 0.25) is 0 Å². The summed E-state index contributed by atoms with van der Waals surface area (Å²) in [5.41, 5.74) is 1.99. The lowest BCUT2D eigenvalue weighted by molar-refractivity contribution is -0.168. The molecule has 0 aliphatic heterocycles. The molecule has 0 amide bonds. The van der Waals surface area contributed by atoms with E-state index in [4.69, 9.17) is 14.3 Å². The molecule has 6 heteroatoms. The largest absolute Gasteiger partial charge is 0.480 e. The topological polar surface area (TPSA) is 88.8 Å². The highest BCUT2D eigenvalue weighted by molar-refractivity contribution is 5.77. The number of carbonyl (C=O) groups excluding carboxylic acids is 1. The zero-order chi connectivity index (χ0) is 22.8. The maximum atomic E-state index is 12.7. The molecule has 1 aromatic heterocycles. The summed E-state index contributed by atoms with van der Waals surface area (Å²) in [5.74, 6) is 0.462. The molecular weight excluding hydrogens is 394 g/mol. The lowest BCUT2D eigenvalue weighted by atomic mass is 9.46. The van der Waals surface area contributed by atoms with Gasteiger partial charge in [0.15, 0.2) is 0 Å². The lowest BCUT2D eigenvalue weighted by Gasteiger charge is -2.57. The summed E-state index contributed by atoms with van der Waals surface area (Å²) in [6.07, 6.45) is 8.42. The summed E-state index contributed by atoms with van der Waals surface area (Å²) in [7, 11) is 1.50. The Morgan fingerprint density at radius 1 is 1.39 bits per heavy atom. The first kappa shape index (κ1) is 23.6. The minimum Gasteiger partial charge on any atom is -0.480 e. The van der Waals surface area contributed by atoms with Crippen molar-refractivity contribution >= 4 is 11.9 Å². The second kappa shape index (κ2) is 9.19. The number of fused-ring (bicyclic) bond motifs is 1. The molecule has 0 spiro atoms. The fourth-order valence-electron chi connectivity index (χ4n) is 6.34. The van der Waals surface area contributed by atoms with E-state index in [2.05, 4.69) is 25.7 Å². The Morgan fingerprint density at radius 3 is 2.81 bits per heavy atom. The number of aliphatic carboxylic acids is 1. The number of furan rings is 1. The number of methoxy groups -OCH3 is 1. The van der Waals surface area contributed by atoms with Crippen molar-refractivity contribution in [2.45, 2.75) is 78.3 Å². The van der Waals surface area contributed by atoms with Gasteiger partial charge in [0.2, 0.25) is 0 Å². The molecule has 2 N–H and O–H groups in total. The highest BCUT2D eigenvalue weighted by atomic mass is 16.5. The Morgan fingerprint density at radius 2 is 2.13 bits per heavy atom. The van der Waals surface area contributed by atoms with Gasteiger partial charge in [-0.2, -0.15) is 0 Å². The SMILES string of the molecule is C=C1CCC2[C@](C)(CCC[C@]2(C)C(=O)OC)[C@H]1CCc1ccoc1CNC(C)C(=O)O. The monoisotopic (exact) mass is 431 g/mol. The van der Waals surface area contributed by atoms with Gasteiger partial charge >= 0.3 is 11.9 Å². The average molecular weight is 432 g/mol. The predicted octanol–water partition coefficient (Wildman–Crippen LogP) is 4.73. The van der Waals surface area contributed by atoms with Crippen LogP contribution in [0.25, 0.3) is 0 Å². The van der Waals surface area contributed by atoms with E-state index in [1.807, 2.05) is 6.07 Å². The van der Waals surface area contributed by atoms with Gasteiger partial charge in [-0.3, -0.25) is 14.9 Å². The van der Waals surface area contributed by atoms with Gasteiger partial charge in [-0.1, -0.05) is 25.5 Å². The normalized spacial score (nSPS) is 31.7. The van der Waals surface area contributed by atoms with Crippen LogP contribution in [0.1, 0.15) is 70.6 Å². The van der Waals surface area contributed by atoms with Crippen molar-refractivity contribution in [3.8, 4) is 0 Å². The molecule has 1 heterocycles. The molecule has 6 nitrogen and oxygen atoms in total. The molecule has 0 radical (unpaired) electrons. The van der Waals surface area contributed by atoms with Gasteiger partial charge in [-0.25, -0.2) is 0 Å². The Balaban J connectivity index is 1.75. The summed E-state index contributed by atoms with van der Waals surface area (Å²) in [6, 6.07) is 1.35. The minimum absolute atomic E-state index is 0.0243. The van der Waals surface area contributed by atoms with Crippen molar-refractivity contribution in [2.24, 2.45) is 22.7 Å². The Hall–Kier alpha value is -2.08. The number of carbonyl (C=O) groups is 2. The van der Waals surface area contributed by atoms with Gasteiger partial charge in [0.1, 0.15) is 11.8 Å². The van der Waals surface area contributed by atoms with Gasteiger partial charge in [0.05, 0.1) is 25.3 Å². The molecule has 2 unspecified atom stereocenters. The molecule has 172 valence electrons. The molecule has 5 atom stereocenters. The van der Waals surface area contributed by atoms with Crippen molar-refractivity contribution in [3.05, 3.63) is 35.8 Å². The van der Waals surface area contributed by atoms with E-state index in [0.717, 1.165) is 56.3 Å². The third-order valence-corrected chi connectivity index (χ3v) is 8.15. The van der Waals surface area contributed by atoms with Crippen LogP contribution in [-0.2, 0) is 27.3 Å². The molecule has 31 heavy (non-hydrogen) atoms. The second-order valence-electron chi connectivity index (χ2n) is 9.92. The van der Waals surface area contributed by atoms with Crippen LogP contribution in [0.4, 0.5) is 0 Å². The number of hydrogen-bond acceptors (Lipinski definition) is 5. The summed E-state index contributed by atoms with van der Waals surface area (Å²) < 4.78 is 10.9. The minimum atomic E-state index is -0.878. The smallest absolute Gasteiger partial charge is 0.320 e. The summed E-state index contributed by atoms with van der Waals surface area (Å²) in [4.78, 5) is 23.8. The standard InChI is InChI=1S/C25H37NO5/c1-16-7-10-21-24(3,12-6-13-25(21,4)23(29)30-5)19(16)9-8-18-11-14-31-20(18)15-26-17(2)22(27)28/h11,14,17,19,21,26H,1,6-10,12-13,15H2,2-5H3,(H,27,28)/t17?,19-,21?,24+,25-/m0/s1. The molecule has 2 aliphatic carbocycles. The maximum absolute atomic E-state index is 12.7. The Labute approximate surface area is 185 Å². The molecule has 0 aromatic carbocycles. The molecule has 2 saturated carbocycles.